The van der Waals surface area contributed by atoms with Crippen LogP contribution in [0.5, 0.6) is 0 Å². The third-order valence-electron chi connectivity index (χ3n) is 3.44. The zero-order valence-corrected chi connectivity index (χ0v) is 17.6. The quantitative estimate of drug-likeness (QED) is 0.246. The first-order valence-corrected chi connectivity index (χ1v) is 10.4. The molecule has 0 amide bonds. The summed E-state index contributed by atoms with van der Waals surface area (Å²) in [6.07, 6.45) is 4.60. The standard InChI is InChI=1S/C13H28N4O2S2.HI/c1-4-17(21(3,18)19)9-6-8-15-13(14-2)16-11-12-7-5-10-20-12;/h12H,4-11H2,1-3H3,(H2,14,15,16);1H. The summed E-state index contributed by atoms with van der Waals surface area (Å²) in [5.41, 5.74) is 0. The van der Waals surface area contributed by atoms with E-state index in [1.807, 2.05) is 18.7 Å². The van der Waals surface area contributed by atoms with Gasteiger partial charge in [0.1, 0.15) is 0 Å². The number of rotatable bonds is 8. The largest absolute Gasteiger partial charge is 0.356 e. The fourth-order valence-electron chi connectivity index (χ4n) is 2.26. The molecule has 1 atom stereocenters. The molecule has 1 aliphatic heterocycles. The Morgan fingerprint density at radius 2 is 2.14 bits per heavy atom. The van der Waals surface area contributed by atoms with Gasteiger partial charge >= 0.3 is 0 Å². The number of guanidine groups is 1. The van der Waals surface area contributed by atoms with Crippen LogP contribution in [-0.4, -0.2) is 69.2 Å². The maximum Gasteiger partial charge on any atom is 0.211 e. The van der Waals surface area contributed by atoms with Gasteiger partial charge in [0.25, 0.3) is 0 Å². The first-order chi connectivity index (χ1) is 9.97. The Morgan fingerprint density at radius 3 is 2.64 bits per heavy atom. The Hall–Kier alpha value is 0.260. The third-order valence-corrected chi connectivity index (χ3v) is 6.22. The van der Waals surface area contributed by atoms with Crippen molar-refractivity contribution in [2.75, 3.05) is 45.2 Å². The molecule has 9 heteroatoms. The highest BCUT2D eigenvalue weighted by Crippen LogP contribution is 2.25. The minimum absolute atomic E-state index is 0. The summed E-state index contributed by atoms with van der Waals surface area (Å²) >= 11 is 2.01. The summed E-state index contributed by atoms with van der Waals surface area (Å²) < 4.78 is 24.4. The van der Waals surface area contributed by atoms with Crippen LogP contribution in [-0.2, 0) is 10.0 Å². The summed E-state index contributed by atoms with van der Waals surface area (Å²) in [5, 5.41) is 7.25. The number of sulfonamides is 1. The van der Waals surface area contributed by atoms with Crippen LogP contribution >= 0.6 is 35.7 Å². The van der Waals surface area contributed by atoms with Gasteiger partial charge in [0.15, 0.2) is 5.96 Å². The number of hydrogen-bond acceptors (Lipinski definition) is 4. The molecule has 1 rings (SSSR count). The van der Waals surface area contributed by atoms with Gasteiger partial charge in [-0.25, -0.2) is 12.7 Å². The van der Waals surface area contributed by atoms with Crippen LogP contribution < -0.4 is 10.6 Å². The van der Waals surface area contributed by atoms with Gasteiger partial charge in [0.2, 0.25) is 10.0 Å². The Morgan fingerprint density at radius 1 is 1.41 bits per heavy atom. The fourth-order valence-corrected chi connectivity index (χ4v) is 4.39. The van der Waals surface area contributed by atoms with Gasteiger partial charge in [0.05, 0.1) is 6.26 Å². The lowest BCUT2D eigenvalue weighted by atomic mass is 10.2. The van der Waals surface area contributed by atoms with Crippen LogP contribution in [0.4, 0.5) is 0 Å². The van der Waals surface area contributed by atoms with Crippen molar-refractivity contribution in [3.05, 3.63) is 0 Å². The molecule has 0 saturated carbocycles. The van der Waals surface area contributed by atoms with Crippen LogP contribution in [0.15, 0.2) is 4.99 Å². The van der Waals surface area contributed by atoms with Crippen molar-refractivity contribution < 1.29 is 8.42 Å². The molecule has 0 spiro atoms. The molecule has 22 heavy (non-hydrogen) atoms. The molecular weight excluding hydrogens is 435 g/mol. The lowest BCUT2D eigenvalue weighted by Gasteiger charge is -2.18. The van der Waals surface area contributed by atoms with Gasteiger partial charge < -0.3 is 10.6 Å². The summed E-state index contributed by atoms with van der Waals surface area (Å²) in [6.45, 7) is 4.56. The summed E-state index contributed by atoms with van der Waals surface area (Å²) in [6, 6.07) is 0. The van der Waals surface area contributed by atoms with Crippen molar-refractivity contribution in [3.8, 4) is 0 Å². The van der Waals surface area contributed by atoms with Crippen molar-refractivity contribution >= 4 is 51.7 Å². The maximum absolute atomic E-state index is 11.5. The van der Waals surface area contributed by atoms with E-state index in [1.54, 1.807) is 7.05 Å². The first kappa shape index (κ1) is 22.3. The van der Waals surface area contributed by atoms with E-state index in [1.165, 1.54) is 29.2 Å². The Bertz CT molecular complexity index is 426. The lowest BCUT2D eigenvalue weighted by Crippen LogP contribution is -2.41. The van der Waals surface area contributed by atoms with E-state index in [2.05, 4.69) is 15.6 Å². The number of thioether (sulfide) groups is 1. The third kappa shape index (κ3) is 8.78. The van der Waals surface area contributed by atoms with E-state index in [4.69, 9.17) is 0 Å². The molecule has 0 aromatic rings. The van der Waals surface area contributed by atoms with E-state index in [-0.39, 0.29) is 24.0 Å². The van der Waals surface area contributed by atoms with Gasteiger partial charge in [-0.15, -0.1) is 24.0 Å². The monoisotopic (exact) mass is 464 g/mol. The molecule has 0 aliphatic carbocycles. The predicted molar refractivity (Wildman–Crippen MR) is 107 cm³/mol. The molecule has 1 heterocycles. The SMILES string of the molecule is CCN(CCCNC(=NC)NCC1CCCS1)S(C)(=O)=O.I. The molecule has 1 saturated heterocycles. The molecule has 1 fully saturated rings. The highest BCUT2D eigenvalue weighted by molar-refractivity contribution is 14.0. The Labute approximate surface area is 156 Å². The van der Waals surface area contributed by atoms with Gasteiger partial charge in [-0.3, -0.25) is 4.99 Å². The zero-order valence-electron chi connectivity index (χ0n) is 13.7. The fraction of sp³-hybridized carbons (Fsp3) is 0.923. The highest BCUT2D eigenvalue weighted by atomic mass is 127. The van der Waals surface area contributed by atoms with Gasteiger partial charge in [-0.2, -0.15) is 11.8 Å². The zero-order chi connectivity index (χ0) is 15.7. The molecular formula is C13H29IN4O2S2. The summed E-state index contributed by atoms with van der Waals surface area (Å²) in [5.74, 6) is 2.06. The maximum atomic E-state index is 11.5. The molecule has 0 bridgehead atoms. The minimum Gasteiger partial charge on any atom is -0.356 e. The molecule has 132 valence electrons. The Kier molecular flexibility index (Phi) is 11.9. The smallest absolute Gasteiger partial charge is 0.211 e. The number of aliphatic imine (C=N–C) groups is 1. The van der Waals surface area contributed by atoms with E-state index < -0.39 is 10.0 Å². The van der Waals surface area contributed by atoms with Crippen molar-refractivity contribution in [2.24, 2.45) is 4.99 Å². The highest BCUT2D eigenvalue weighted by Gasteiger charge is 2.16. The second-order valence-electron chi connectivity index (χ2n) is 5.12. The average molecular weight is 464 g/mol. The van der Waals surface area contributed by atoms with Crippen LogP contribution in [0.1, 0.15) is 26.2 Å². The van der Waals surface area contributed by atoms with E-state index in [0.29, 0.717) is 24.9 Å². The first-order valence-electron chi connectivity index (χ1n) is 7.48. The number of nitrogens with zero attached hydrogens (tertiary/aromatic N) is 2. The topological polar surface area (TPSA) is 73.8 Å². The molecule has 2 N–H and O–H groups in total. The number of hydrogen-bond donors (Lipinski definition) is 2. The van der Waals surface area contributed by atoms with Gasteiger partial charge in [-0.1, -0.05) is 6.92 Å². The number of nitrogens with one attached hydrogen (secondary N) is 2. The van der Waals surface area contributed by atoms with Crippen LogP contribution in [0.3, 0.4) is 0 Å². The summed E-state index contributed by atoms with van der Waals surface area (Å²) in [7, 11) is -1.33. The second-order valence-corrected chi connectivity index (χ2v) is 8.51. The van der Waals surface area contributed by atoms with E-state index in [0.717, 1.165) is 18.9 Å². The summed E-state index contributed by atoms with van der Waals surface area (Å²) in [4.78, 5) is 4.19. The molecule has 6 nitrogen and oxygen atoms in total. The van der Waals surface area contributed by atoms with E-state index >= 15 is 0 Å². The minimum atomic E-state index is -3.09. The normalized spacial score (nSPS) is 19.1. The molecule has 1 aliphatic rings. The van der Waals surface area contributed by atoms with E-state index in [9.17, 15) is 8.42 Å². The van der Waals surface area contributed by atoms with Crippen molar-refractivity contribution in [1.82, 2.24) is 14.9 Å². The van der Waals surface area contributed by atoms with Crippen LogP contribution in [0.25, 0.3) is 0 Å². The van der Waals surface area contributed by atoms with Gasteiger partial charge in [0, 0.05) is 38.5 Å². The molecule has 0 radical (unpaired) electrons. The van der Waals surface area contributed by atoms with Gasteiger partial charge in [-0.05, 0) is 25.0 Å². The van der Waals surface area contributed by atoms with Crippen molar-refractivity contribution in [3.63, 3.8) is 0 Å². The molecule has 0 aromatic carbocycles. The lowest BCUT2D eigenvalue weighted by molar-refractivity contribution is 0.424. The van der Waals surface area contributed by atoms with Crippen LogP contribution in [0, 0.1) is 0 Å². The van der Waals surface area contributed by atoms with Crippen molar-refractivity contribution in [2.45, 2.75) is 31.4 Å². The van der Waals surface area contributed by atoms with Crippen molar-refractivity contribution in [1.29, 1.82) is 0 Å². The number of halogens is 1. The molecule has 1 unspecified atom stereocenters. The van der Waals surface area contributed by atoms with Crippen LogP contribution in [0.2, 0.25) is 0 Å². The Balaban J connectivity index is 0.00000441. The molecule has 0 aromatic heterocycles. The predicted octanol–water partition coefficient (Wildman–Crippen LogP) is 1.34. The average Bonchev–Trinajstić information content (AvgIpc) is 2.93. The second kappa shape index (κ2) is 11.7.